The van der Waals surface area contributed by atoms with Gasteiger partial charge in [-0.25, -0.2) is 0 Å². The van der Waals surface area contributed by atoms with E-state index >= 15 is 0 Å². The second-order valence-corrected chi connectivity index (χ2v) is 4.84. The molecule has 0 amide bonds. The van der Waals surface area contributed by atoms with Crippen molar-refractivity contribution in [1.82, 2.24) is 0 Å². The smallest absolute Gasteiger partial charge is 0.185 e. The summed E-state index contributed by atoms with van der Waals surface area (Å²) >= 11 is 1.34. The van der Waals surface area contributed by atoms with Gasteiger partial charge in [0.2, 0.25) is 0 Å². The molecule has 0 aromatic heterocycles. The van der Waals surface area contributed by atoms with Crippen LogP contribution in [-0.4, -0.2) is 16.7 Å². The van der Waals surface area contributed by atoms with Crippen molar-refractivity contribution in [3.05, 3.63) is 41.5 Å². The van der Waals surface area contributed by atoms with Crippen molar-refractivity contribution in [2.24, 2.45) is 5.73 Å². The highest BCUT2D eigenvalue weighted by Crippen LogP contribution is 2.08. The number of nitrogen functional groups attached to an aromatic ring is 1. The minimum Gasteiger partial charge on any atom is -0.384 e. The first-order valence-corrected chi connectivity index (χ1v) is 6.32. The molecule has 1 aromatic rings. The Bertz CT molecular complexity index is 424. The van der Waals surface area contributed by atoms with Gasteiger partial charge in [0.25, 0.3) is 0 Å². The number of hydrogen-bond donors (Lipinski definition) is 2. The molecule has 90 valence electrons. The van der Waals surface area contributed by atoms with E-state index in [0.717, 1.165) is 23.3 Å². The van der Waals surface area contributed by atoms with Crippen LogP contribution in [0.4, 0.5) is 0 Å². The first kappa shape index (κ1) is 13.5. The van der Waals surface area contributed by atoms with Gasteiger partial charge in [0.1, 0.15) is 5.84 Å². The van der Waals surface area contributed by atoms with Crippen LogP contribution in [-0.2, 0) is 4.79 Å². The Morgan fingerprint density at radius 2 is 2.06 bits per heavy atom. The van der Waals surface area contributed by atoms with Crippen LogP contribution < -0.4 is 5.73 Å². The zero-order valence-electron chi connectivity index (χ0n) is 9.77. The number of carbonyl (C=O) groups excluding carboxylic acids is 1. The molecule has 1 aromatic carbocycles. The fourth-order valence-electron chi connectivity index (χ4n) is 1.26. The summed E-state index contributed by atoms with van der Waals surface area (Å²) in [6.07, 6.45) is 4.92. The van der Waals surface area contributed by atoms with E-state index in [0.29, 0.717) is 0 Å². The van der Waals surface area contributed by atoms with Crippen molar-refractivity contribution >= 4 is 28.8 Å². The van der Waals surface area contributed by atoms with Crippen molar-refractivity contribution in [3.63, 3.8) is 0 Å². The average molecular weight is 248 g/mol. The van der Waals surface area contributed by atoms with Crippen LogP contribution in [0.15, 0.2) is 30.3 Å². The van der Waals surface area contributed by atoms with Crippen LogP contribution in [0.25, 0.3) is 6.08 Å². The maximum Gasteiger partial charge on any atom is 0.185 e. The van der Waals surface area contributed by atoms with Crippen LogP contribution in [0, 0.1) is 5.41 Å². The summed E-state index contributed by atoms with van der Waals surface area (Å²) in [7, 11) is 0. The van der Waals surface area contributed by atoms with E-state index in [9.17, 15) is 4.79 Å². The van der Waals surface area contributed by atoms with E-state index in [1.165, 1.54) is 11.8 Å². The highest BCUT2D eigenvalue weighted by Gasteiger charge is 1.94. The van der Waals surface area contributed by atoms with Crippen molar-refractivity contribution in [3.8, 4) is 0 Å². The highest BCUT2D eigenvalue weighted by atomic mass is 32.2. The molecule has 17 heavy (non-hydrogen) atoms. The number of hydrogen-bond acceptors (Lipinski definition) is 3. The van der Waals surface area contributed by atoms with Crippen LogP contribution in [0.3, 0.4) is 0 Å². The minimum atomic E-state index is 0.0818. The van der Waals surface area contributed by atoms with E-state index in [2.05, 4.69) is 0 Å². The summed E-state index contributed by atoms with van der Waals surface area (Å²) in [5.74, 6) is 0.899. The van der Waals surface area contributed by atoms with Crippen molar-refractivity contribution in [1.29, 1.82) is 5.41 Å². The van der Waals surface area contributed by atoms with E-state index < -0.39 is 0 Å². The van der Waals surface area contributed by atoms with Crippen LogP contribution >= 0.6 is 11.8 Å². The van der Waals surface area contributed by atoms with Gasteiger partial charge in [0.05, 0.1) is 0 Å². The Kier molecular flexibility index (Phi) is 5.49. The number of rotatable bonds is 5. The number of allylic oxidation sites excluding steroid dienone is 1. The van der Waals surface area contributed by atoms with Gasteiger partial charge < -0.3 is 5.73 Å². The third-order valence-electron chi connectivity index (χ3n) is 2.12. The first-order chi connectivity index (χ1) is 8.09. The number of carbonyl (C=O) groups is 1. The molecule has 0 spiro atoms. The van der Waals surface area contributed by atoms with E-state index in [1.54, 1.807) is 6.92 Å². The largest absolute Gasteiger partial charge is 0.384 e. The number of nitrogens with one attached hydrogen (secondary N) is 1. The fourth-order valence-corrected chi connectivity index (χ4v) is 1.81. The molecule has 4 heteroatoms. The second kappa shape index (κ2) is 6.91. The average Bonchev–Trinajstić information content (AvgIpc) is 2.29. The van der Waals surface area contributed by atoms with Gasteiger partial charge in [-0.05, 0) is 12.0 Å². The molecule has 0 aliphatic rings. The molecule has 1 rings (SSSR count). The molecule has 0 heterocycles. The van der Waals surface area contributed by atoms with Gasteiger partial charge >= 0.3 is 0 Å². The lowest BCUT2D eigenvalue weighted by atomic mass is 10.1. The number of benzene rings is 1. The quantitative estimate of drug-likeness (QED) is 0.478. The number of nitrogens with two attached hydrogens (primary N) is 1. The second-order valence-electron chi connectivity index (χ2n) is 3.57. The van der Waals surface area contributed by atoms with Crippen molar-refractivity contribution < 1.29 is 4.79 Å². The molecule has 0 saturated carbocycles. The molecule has 0 saturated heterocycles. The lowest BCUT2D eigenvalue weighted by molar-refractivity contribution is -0.109. The molecule has 0 aliphatic heterocycles. The predicted octanol–water partition coefficient (Wildman–Crippen LogP) is 2.65. The van der Waals surface area contributed by atoms with Crippen LogP contribution in [0.1, 0.15) is 24.5 Å². The Balaban J connectivity index is 2.43. The molecule has 0 fully saturated rings. The van der Waals surface area contributed by atoms with Crippen LogP contribution in [0.5, 0.6) is 0 Å². The maximum atomic E-state index is 10.7. The summed E-state index contributed by atoms with van der Waals surface area (Å²) in [6, 6.07) is 7.50. The van der Waals surface area contributed by atoms with Gasteiger partial charge in [-0.1, -0.05) is 48.2 Å². The molecule has 3 N–H and O–H groups in total. The van der Waals surface area contributed by atoms with Gasteiger partial charge in [0.15, 0.2) is 5.12 Å². The molecule has 0 bridgehead atoms. The van der Waals surface area contributed by atoms with Gasteiger partial charge in [-0.3, -0.25) is 10.2 Å². The SMILES string of the molecule is CC(=O)SCCC=Cc1ccc(C(=N)N)cc1. The third-order valence-corrected chi connectivity index (χ3v) is 2.97. The summed E-state index contributed by atoms with van der Waals surface area (Å²) < 4.78 is 0. The fraction of sp³-hybridized carbons (Fsp3) is 0.231. The van der Waals surface area contributed by atoms with E-state index in [-0.39, 0.29) is 11.0 Å². The van der Waals surface area contributed by atoms with Crippen molar-refractivity contribution in [2.45, 2.75) is 13.3 Å². The van der Waals surface area contributed by atoms with Crippen molar-refractivity contribution in [2.75, 3.05) is 5.75 Å². The number of amidine groups is 1. The maximum absolute atomic E-state index is 10.7. The predicted molar refractivity (Wildman–Crippen MR) is 74.2 cm³/mol. The van der Waals surface area contributed by atoms with E-state index in [1.807, 2.05) is 36.4 Å². The molecule has 0 radical (unpaired) electrons. The van der Waals surface area contributed by atoms with Gasteiger partial charge in [-0.2, -0.15) is 0 Å². The number of thioether (sulfide) groups is 1. The molecule has 0 unspecified atom stereocenters. The monoisotopic (exact) mass is 248 g/mol. The molecule has 3 nitrogen and oxygen atoms in total. The Labute approximate surface area is 106 Å². The Morgan fingerprint density at radius 1 is 1.41 bits per heavy atom. The molecular weight excluding hydrogens is 232 g/mol. The summed E-state index contributed by atoms with van der Waals surface area (Å²) in [6.45, 7) is 1.58. The zero-order valence-corrected chi connectivity index (χ0v) is 10.6. The Morgan fingerprint density at radius 3 is 2.59 bits per heavy atom. The minimum absolute atomic E-state index is 0.0818. The standard InChI is InChI=1S/C13H16N2OS/c1-10(16)17-9-3-2-4-11-5-7-12(8-6-11)13(14)15/h2,4-8H,3,9H2,1H3,(H3,14,15). The summed E-state index contributed by atoms with van der Waals surface area (Å²) in [5.41, 5.74) is 7.17. The van der Waals surface area contributed by atoms with Crippen LogP contribution in [0.2, 0.25) is 0 Å². The molecule has 0 aliphatic carbocycles. The topological polar surface area (TPSA) is 66.9 Å². The van der Waals surface area contributed by atoms with Gasteiger partial charge in [0, 0.05) is 18.2 Å². The lowest BCUT2D eigenvalue weighted by Gasteiger charge is -1.98. The first-order valence-electron chi connectivity index (χ1n) is 5.34. The third kappa shape index (κ3) is 5.36. The van der Waals surface area contributed by atoms with E-state index in [4.69, 9.17) is 11.1 Å². The van der Waals surface area contributed by atoms with Gasteiger partial charge in [-0.15, -0.1) is 0 Å². The highest BCUT2D eigenvalue weighted by molar-refractivity contribution is 8.13. The normalized spacial score (nSPS) is 10.6. The lowest BCUT2D eigenvalue weighted by Crippen LogP contribution is -2.10. The molecular formula is C13H16N2OS. The summed E-state index contributed by atoms with van der Waals surface area (Å²) in [4.78, 5) is 10.7. The Hall–Kier alpha value is -1.55. The zero-order chi connectivity index (χ0) is 12.7. The molecule has 0 atom stereocenters. The summed E-state index contributed by atoms with van der Waals surface area (Å²) in [5, 5.41) is 7.42.